The summed E-state index contributed by atoms with van der Waals surface area (Å²) in [5, 5.41) is 3.01. The van der Waals surface area contributed by atoms with E-state index in [0.29, 0.717) is 0 Å². The molecular formula is C18H30BrCl2N3O. The van der Waals surface area contributed by atoms with E-state index in [4.69, 9.17) is 0 Å². The van der Waals surface area contributed by atoms with Gasteiger partial charge in [0, 0.05) is 49.8 Å². The Bertz CT molecular complexity index is 582. The number of likely N-dealkylation sites (N-methyl/N-ethyl adjacent to an activating group) is 1. The van der Waals surface area contributed by atoms with Crippen LogP contribution >= 0.6 is 40.7 Å². The number of amides is 1. The predicted molar refractivity (Wildman–Crippen MR) is 114 cm³/mol. The van der Waals surface area contributed by atoms with E-state index in [1.54, 1.807) is 6.92 Å². The first-order valence-corrected chi connectivity index (χ1v) is 8.97. The minimum Gasteiger partial charge on any atom is -0.326 e. The molecule has 4 nitrogen and oxygen atoms in total. The number of benzene rings is 1. The number of rotatable bonds is 3. The van der Waals surface area contributed by atoms with Gasteiger partial charge in [0.25, 0.3) is 0 Å². The fourth-order valence-electron chi connectivity index (χ4n) is 2.87. The first-order valence-electron chi connectivity index (χ1n) is 8.18. The summed E-state index contributed by atoms with van der Waals surface area (Å²) in [6.45, 7) is 13.3. The van der Waals surface area contributed by atoms with Gasteiger partial charge in [0.2, 0.25) is 5.91 Å². The molecule has 1 aromatic rings. The van der Waals surface area contributed by atoms with Crippen molar-refractivity contribution in [3.8, 4) is 0 Å². The molecular weight excluding hydrogens is 425 g/mol. The second-order valence-electron chi connectivity index (χ2n) is 7.50. The zero-order valence-electron chi connectivity index (χ0n) is 15.7. The zero-order chi connectivity index (χ0) is 17.2. The van der Waals surface area contributed by atoms with Gasteiger partial charge >= 0.3 is 0 Å². The van der Waals surface area contributed by atoms with Crippen LogP contribution < -0.4 is 5.32 Å². The van der Waals surface area contributed by atoms with Gasteiger partial charge in [-0.2, -0.15) is 0 Å². The minimum absolute atomic E-state index is 0. The Labute approximate surface area is 172 Å². The van der Waals surface area contributed by atoms with Crippen LogP contribution in [-0.4, -0.2) is 48.9 Å². The number of hydrogen-bond acceptors (Lipinski definition) is 3. The monoisotopic (exact) mass is 453 g/mol. The van der Waals surface area contributed by atoms with E-state index in [9.17, 15) is 4.79 Å². The third-order valence-electron chi connectivity index (χ3n) is 4.30. The number of carbonyl (C=O) groups is 1. The van der Waals surface area contributed by atoms with Gasteiger partial charge in [-0.15, -0.1) is 24.8 Å². The van der Waals surface area contributed by atoms with E-state index in [1.165, 1.54) is 11.1 Å². The minimum atomic E-state index is -0.0215. The van der Waals surface area contributed by atoms with Crippen LogP contribution in [0.5, 0.6) is 0 Å². The van der Waals surface area contributed by atoms with Gasteiger partial charge in [-0.05, 0) is 35.7 Å². The van der Waals surface area contributed by atoms with Gasteiger partial charge in [0.1, 0.15) is 0 Å². The standard InChI is InChI=1S/C18H28BrN3O.2ClH/c1-13(23)20-17-11-15(18(2,3)4)16(19)10-14(17)12-22-8-6-21(5)7-9-22;;/h10-11H,6-9,12H2,1-5H3,(H,20,23);2*1H. The largest absolute Gasteiger partial charge is 0.326 e. The summed E-state index contributed by atoms with van der Waals surface area (Å²) in [4.78, 5) is 16.4. The summed E-state index contributed by atoms with van der Waals surface area (Å²) in [7, 11) is 2.16. The summed E-state index contributed by atoms with van der Waals surface area (Å²) >= 11 is 3.72. The van der Waals surface area contributed by atoms with E-state index < -0.39 is 0 Å². The predicted octanol–water partition coefficient (Wildman–Crippen LogP) is 4.30. The lowest BCUT2D eigenvalue weighted by Crippen LogP contribution is -2.44. The fourth-order valence-corrected chi connectivity index (χ4v) is 3.86. The molecule has 1 amide bonds. The molecule has 1 aromatic carbocycles. The Morgan fingerprint density at radius 3 is 2.20 bits per heavy atom. The topological polar surface area (TPSA) is 35.6 Å². The quantitative estimate of drug-likeness (QED) is 0.739. The van der Waals surface area contributed by atoms with Crippen molar-refractivity contribution in [2.75, 3.05) is 38.5 Å². The highest BCUT2D eigenvalue weighted by molar-refractivity contribution is 9.10. The molecule has 0 atom stereocenters. The van der Waals surface area contributed by atoms with Gasteiger partial charge in [-0.25, -0.2) is 0 Å². The fraction of sp³-hybridized carbons (Fsp3) is 0.611. The van der Waals surface area contributed by atoms with Crippen LogP contribution in [-0.2, 0) is 16.8 Å². The van der Waals surface area contributed by atoms with Crippen LogP contribution in [0.4, 0.5) is 5.69 Å². The third kappa shape index (κ3) is 7.06. The first kappa shape index (κ1) is 24.7. The van der Waals surface area contributed by atoms with E-state index in [1.807, 2.05) is 0 Å². The summed E-state index contributed by atoms with van der Waals surface area (Å²) in [6.07, 6.45) is 0. The molecule has 2 rings (SSSR count). The maximum atomic E-state index is 11.6. The molecule has 0 radical (unpaired) electrons. The molecule has 0 bridgehead atoms. The van der Waals surface area contributed by atoms with E-state index in [2.05, 4.69) is 71.0 Å². The van der Waals surface area contributed by atoms with Crippen LogP contribution in [0.2, 0.25) is 0 Å². The van der Waals surface area contributed by atoms with Gasteiger partial charge < -0.3 is 10.2 Å². The Kier molecular flexibility index (Phi) is 9.99. The molecule has 7 heteroatoms. The van der Waals surface area contributed by atoms with Crippen molar-refractivity contribution in [2.45, 2.75) is 39.7 Å². The molecule has 1 heterocycles. The van der Waals surface area contributed by atoms with E-state index in [0.717, 1.165) is 42.9 Å². The SMILES string of the molecule is CC(=O)Nc1cc(C(C)(C)C)c(Br)cc1CN1CCN(C)CC1.Cl.Cl. The van der Waals surface area contributed by atoms with Crippen LogP contribution in [0.25, 0.3) is 0 Å². The molecule has 0 aliphatic carbocycles. The molecule has 25 heavy (non-hydrogen) atoms. The number of anilines is 1. The second kappa shape index (κ2) is 10.1. The van der Waals surface area contributed by atoms with E-state index in [-0.39, 0.29) is 36.1 Å². The number of piperazine rings is 1. The third-order valence-corrected chi connectivity index (χ3v) is 4.96. The molecule has 144 valence electrons. The van der Waals surface area contributed by atoms with Crippen molar-refractivity contribution < 1.29 is 4.79 Å². The van der Waals surface area contributed by atoms with Crippen molar-refractivity contribution in [1.82, 2.24) is 9.80 Å². The molecule has 1 N–H and O–H groups in total. The number of carbonyl (C=O) groups excluding carboxylic acids is 1. The van der Waals surface area contributed by atoms with Crippen molar-refractivity contribution >= 4 is 52.3 Å². The number of nitrogens with zero attached hydrogens (tertiary/aromatic N) is 2. The molecule has 0 spiro atoms. The highest BCUT2D eigenvalue weighted by Gasteiger charge is 2.21. The van der Waals surface area contributed by atoms with Gasteiger partial charge in [0.15, 0.2) is 0 Å². The maximum absolute atomic E-state index is 11.6. The Morgan fingerprint density at radius 2 is 1.72 bits per heavy atom. The van der Waals surface area contributed by atoms with Crippen LogP contribution in [0, 0.1) is 0 Å². The summed E-state index contributed by atoms with van der Waals surface area (Å²) in [6, 6.07) is 4.29. The van der Waals surface area contributed by atoms with Crippen LogP contribution in [0.15, 0.2) is 16.6 Å². The van der Waals surface area contributed by atoms with Crippen LogP contribution in [0.3, 0.4) is 0 Å². The number of halogens is 3. The molecule has 0 aromatic heterocycles. The van der Waals surface area contributed by atoms with Gasteiger partial charge in [0.05, 0.1) is 0 Å². The normalized spacial score (nSPS) is 15.9. The zero-order valence-corrected chi connectivity index (χ0v) is 18.9. The van der Waals surface area contributed by atoms with Gasteiger partial charge in [-0.1, -0.05) is 36.7 Å². The highest BCUT2D eigenvalue weighted by Crippen LogP contribution is 2.34. The lowest BCUT2D eigenvalue weighted by atomic mass is 9.86. The Hall–Kier alpha value is -0.330. The average Bonchev–Trinajstić information content (AvgIpc) is 2.42. The molecule has 0 unspecified atom stereocenters. The van der Waals surface area contributed by atoms with Crippen molar-refractivity contribution in [1.29, 1.82) is 0 Å². The summed E-state index contributed by atoms with van der Waals surface area (Å²) < 4.78 is 1.11. The molecule has 0 saturated carbocycles. The van der Waals surface area contributed by atoms with Crippen molar-refractivity contribution in [2.24, 2.45) is 0 Å². The molecule has 1 aliphatic heterocycles. The summed E-state index contributed by atoms with van der Waals surface area (Å²) in [5.74, 6) is -0.0215. The van der Waals surface area contributed by atoms with Crippen molar-refractivity contribution in [3.63, 3.8) is 0 Å². The van der Waals surface area contributed by atoms with E-state index >= 15 is 0 Å². The Balaban J connectivity index is 0.00000288. The first-order chi connectivity index (χ1) is 10.7. The Morgan fingerprint density at radius 1 is 1.16 bits per heavy atom. The smallest absolute Gasteiger partial charge is 0.221 e. The maximum Gasteiger partial charge on any atom is 0.221 e. The number of nitrogens with one attached hydrogen (secondary N) is 1. The number of hydrogen-bond donors (Lipinski definition) is 1. The molecule has 1 saturated heterocycles. The van der Waals surface area contributed by atoms with Crippen molar-refractivity contribution in [3.05, 3.63) is 27.7 Å². The average molecular weight is 455 g/mol. The molecule has 1 fully saturated rings. The van der Waals surface area contributed by atoms with Crippen LogP contribution in [0.1, 0.15) is 38.8 Å². The summed E-state index contributed by atoms with van der Waals surface area (Å²) in [5.41, 5.74) is 3.34. The highest BCUT2D eigenvalue weighted by atomic mass is 79.9. The second-order valence-corrected chi connectivity index (χ2v) is 8.35. The lowest BCUT2D eigenvalue weighted by molar-refractivity contribution is -0.114. The molecule has 1 aliphatic rings. The lowest BCUT2D eigenvalue weighted by Gasteiger charge is -2.33. The van der Waals surface area contributed by atoms with Gasteiger partial charge in [-0.3, -0.25) is 9.69 Å².